The van der Waals surface area contributed by atoms with Crippen molar-refractivity contribution in [3.63, 3.8) is 0 Å². The van der Waals surface area contributed by atoms with E-state index in [1.165, 1.54) is 0 Å². The van der Waals surface area contributed by atoms with Crippen LogP contribution < -0.4 is 5.32 Å². The first kappa shape index (κ1) is 12.5. The van der Waals surface area contributed by atoms with Gasteiger partial charge in [-0.15, -0.1) is 12.3 Å². The van der Waals surface area contributed by atoms with Crippen molar-refractivity contribution in [3.05, 3.63) is 0 Å². The number of hydrogen-bond donors (Lipinski definition) is 1. The zero-order valence-electron chi connectivity index (χ0n) is 9.50. The Kier molecular flexibility index (Phi) is 6.42. The van der Waals surface area contributed by atoms with E-state index < -0.39 is 0 Å². The molecule has 1 rings (SSSR count). The van der Waals surface area contributed by atoms with Crippen LogP contribution in [0.2, 0.25) is 0 Å². The molecule has 1 fully saturated rings. The Morgan fingerprint density at radius 3 is 2.80 bits per heavy atom. The molecule has 0 aromatic carbocycles. The molecule has 0 aromatic rings. The monoisotopic (exact) mass is 211 g/mol. The Bertz CT molecular complexity index is 194. The van der Waals surface area contributed by atoms with Crippen molar-refractivity contribution in [2.75, 3.05) is 19.8 Å². The van der Waals surface area contributed by atoms with Gasteiger partial charge in [-0.05, 0) is 19.4 Å². The lowest BCUT2D eigenvalue weighted by molar-refractivity contribution is -0.0530. The van der Waals surface area contributed by atoms with Gasteiger partial charge in [0.2, 0.25) is 0 Å². The molecule has 1 heterocycles. The minimum absolute atomic E-state index is 0.0304. The van der Waals surface area contributed by atoms with Crippen molar-refractivity contribution in [1.82, 2.24) is 5.32 Å². The Hall–Kier alpha value is -0.560. The van der Waals surface area contributed by atoms with Crippen LogP contribution in [0.4, 0.5) is 0 Å². The highest BCUT2D eigenvalue weighted by molar-refractivity contribution is 4.86. The van der Waals surface area contributed by atoms with Crippen molar-refractivity contribution in [3.8, 4) is 12.3 Å². The van der Waals surface area contributed by atoms with E-state index in [1.54, 1.807) is 0 Å². The van der Waals surface area contributed by atoms with Crippen LogP contribution in [0.1, 0.15) is 32.6 Å². The largest absolute Gasteiger partial charge is 0.350 e. The molecule has 0 radical (unpaired) electrons. The van der Waals surface area contributed by atoms with E-state index in [4.69, 9.17) is 15.9 Å². The third-order valence-electron chi connectivity index (χ3n) is 2.49. The average Bonchev–Trinajstić information content (AvgIpc) is 2.74. The number of terminal acetylenes is 1. The van der Waals surface area contributed by atoms with Crippen molar-refractivity contribution < 1.29 is 9.47 Å². The van der Waals surface area contributed by atoms with Gasteiger partial charge in [0, 0.05) is 18.9 Å². The topological polar surface area (TPSA) is 30.5 Å². The van der Waals surface area contributed by atoms with Crippen LogP contribution >= 0.6 is 0 Å². The van der Waals surface area contributed by atoms with Crippen molar-refractivity contribution in [2.24, 2.45) is 0 Å². The van der Waals surface area contributed by atoms with Crippen LogP contribution in [-0.2, 0) is 9.47 Å². The van der Waals surface area contributed by atoms with E-state index in [-0.39, 0.29) is 6.29 Å². The molecule has 1 unspecified atom stereocenters. The molecule has 1 atom stereocenters. The summed E-state index contributed by atoms with van der Waals surface area (Å²) in [5.74, 6) is 2.68. The quantitative estimate of drug-likeness (QED) is 0.648. The molecule has 1 N–H and O–H groups in total. The Morgan fingerprint density at radius 1 is 1.47 bits per heavy atom. The van der Waals surface area contributed by atoms with Crippen molar-refractivity contribution >= 4 is 0 Å². The highest BCUT2D eigenvalue weighted by atomic mass is 16.7. The lowest BCUT2D eigenvalue weighted by Gasteiger charge is -2.20. The minimum atomic E-state index is -0.0304. The van der Waals surface area contributed by atoms with E-state index >= 15 is 0 Å². The summed E-state index contributed by atoms with van der Waals surface area (Å²) in [5.41, 5.74) is 0. The Balaban J connectivity index is 2.23. The van der Waals surface area contributed by atoms with Crippen LogP contribution in [0, 0.1) is 12.3 Å². The molecule has 3 heteroatoms. The van der Waals surface area contributed by atoms with Gasteiger partial charge in [-0.25, -0.2) is 0 Å². The fourth-order valence-corrected chi connectivity index (χ4v) is 1.68. The highest BCUT2D eigenvalue weighted by Crippen LogP contribution is 2.13. The molecule has 0 bridgehead atoms. The molecule has 15 heavy (non-hydrogen) atoms. The van der Waals surface area contributed by atoms with Gasteiger partial charge in [-0.3, -0.25) is 0 Å². The third kappa shape index (κ3) is 5.17. The fraction of sp³-hybridized carbons (Fsp3) is 0.833. The maximum atomic E-state index is 5.43. The average molecular weight is 211 g/mol. The van der Waals surface area contributed by atoms with Crippen LogP contribution in [0.5, 0.6) is 0 Å². The maximum absolute atomic E-state index is 5.43. The molecule has 1 aliphatic heterocycles. The van der Waals surface area contributed by atoms with E-state index in [2.05, 4.69) is 18.2 Å². The molecule has 86 valence electrons. The summed E-state index contributed by atoms with van der Waals surface area (Å²) in [7, 11) is 0. The van der Waals surface area contributed by atoms with Gasteiger partial charge in [-0.1, -0.05) is 6.92 Å². The lowest BCUT2D eigenvalue weighted by Crippen LogP contribution is -2.33. The minimum Gasteiger partial charge on any atom is -0.350 e. The molecule has 3 nitrogen and oxygen atoms in total. The van der Waals surface area contributed by atoms with Gasteiger partial charge in [0.05, 0.1) is 13.2 Å². The fourth-order valence-electron chi connectivity index (χ4n) is 1.68. The summed E-state index contributed by atoms with van der Waals surface area (Å²) in [6.45, 7) is 4.64. The summed E-state index contributed by atoms with van der Waals surface area (Å²) in [5, 5.41) is 3.48. The summed E-state index contributed by atoms with van der Waals surface area (Å²) < 4.78 is 10.9. The van der Waals surface area contributed by atoms with E-state index in [0.717, 1.165) is 45.4 Å². The molecule has 0 aromatic heterocycles. The standard InChI is InChI=1S/C12H21NO2/c1-3-5-6-11(13-7-4-2)10-12-14-8-9-15-12/h1,11-13H,4-10H2,2H3. The first-order valence-electron chi connectivity index (χ1n) is 5.77. The van der Waals surface area contributed by atoms with Crippen LogP contribution in [-0.4, -0.2) is 32.1 Å². The smallest absolute Gasteiger partial charge is 0.159 e. The van der Waals surface area contributed by atoms with Crippen molar-refractivity contribution in [1.29, 1.82) is 0 Å². The number of ether oxygens (including phenoxy) is 2. The normalized spacial score (nSPS) is 18.9. The van der Waals surface area contributed by atoms with Crippen LogP contribution in [0.25, 0.3) is 0 Å². The molecule has 1 aliphatic rings. The molecular weight excluding hydrogens is 190 g/mol. The first-order chi connectivity index (χ1) is 7.36. The predicted molar refractivity (Wildman–Crippen MR) is 60.5 cm³/mol. The zero-order valence-corrected chi connectivity index (χ0v) is 9.50. The molecule has 0 saturated carbocycles. The second-order valence-corrected chi connectivity index (χ2v) is 3.80. The van der Waals surface area contributed by atoms with Gasteiger partial charge >= 0.3 is 0 Å². The summed E-state index contributed by atoms with van der Waals surface area (Å²) in [4.78, 5) is 0. The van der Waals surface area contributed by atoms with Crippen LogP contribution in [0.3, 0.4) is 0 Å². The maximum Gasteiger partial charge on any atom is 0.159 e. The molecule has 0 spiro atoms. The van der Waals surface area contributed by atoms with Gasteiger partial charge in [0.15, 0.2) is 6.29 Å². The van der Waals surface area contributed by atoms with Crippen LogP contribution in [0.15, 0.2) is 0 Å². The number of rotatable bonds is 7. The van der Waals surface area contributed by atoms with E-state index in [0.29, 0.717) is 6.04 Å². The third-order valence-corrected chi connectivity index (χ3v) is 2.49. The van der Waals surface area contributed by atoms with E-state index in [9.17, 15) is 0 Å². The Labute approximate surface area is 92.5 Å². The summed E-state index contributed by atoms with van der Waals surface area (Å²) in [6.07, 6.45) is 9.10. The highest BCUT2D eigenvalue weighted by Gasteiger charge is 2.20. The number of nitrogens with one attached hydrogen (secondary N) is 1. The number of hydrogen-bond acceptors (Lipinski definition) is 3. The molecular formula is C12H21NO2. The van der Waals surface area contributed by atoms with Crippen molar-refractivity contribution in [2.45, 2.75) is 44.9 Å². The molecule has 1 saturated heterocycles. The Morgan fingerprint density at radius 2 is 2.20 bits per heavy atom. The lowest BCUT2D eigenvalue weighted by atomic mass is 10.1. The summed E-state index contributed by atoms with van der Waals surface area (Å²) >= 11 is 0. The first-order valence-corrected chi connectivity index (χ1v) is 5.77. The second kappa shape index (κ2) is 7.70. The van der Waals surface area contributed by atoms with E-state index in [1.807, 2.05) is 0 Å². The zero-order chi connectivity index (χ0) is 10.9. The molecule has 0 aliphatic carbocycles. The van der Waals surface area contributed by atoms with Gasteiger partial charge in [0.1, 0.15) is 0 Å². The summed E-state index contributed by atoms with van der Waals surface area (Å²) in [6, 6.07) is 0.420. The second-order valence-electron chi connectivity index (χ2n) is 3.80. The van der Waals surface area contributed by atoms with Gasteiger partial charge in [0.25, 0.3) is 0 Å². The molecule has 0 amide bonds. The SMILES string of the molecule is C#CCCC(CC1OCCO1)NCCC. The van der Waals surface area contributed by atoms with Gasteiger partial charge < -0.3 is 14.8 Å². The van der Waals surface area contributed by atoms with Gasteiger partial charge in [-0.2, -0.15) is 0 Å². The predicted octanol–water partition coefficient (Wildman–Crippen LogP) is 1.53.